The molecule has 1 heterocycles. The van der Waals surface area contributed by atoms with Crippen molar-refractivity contribution in [2.75, 3.05) is 12.9 Å². The molecule has 0 unspecified atom stereocenters. The first kappa shape index (κ1) is 18.2. The molecule has 1 fully saturated rings. The summed E-state index contributed by atoms with van der Waals surface area (Å²) in [5.74, 6) is 1.33. The van der Waals surface area contributed by atoms with E-state index in [4.69, 9.17) is 17.0 Å². The molecule has 5 heteroatoms. The van der Waals surface area contributed by atoms with Crippen LogP contribution in [0.2, 0.25) is 0 Å². The number of amides is 1. The van der Waals surface area contributed by atoms with Crippen molar-refractivity contribution in [3.05, 3.63) is 42.0 Å². The Bertz CT molecular complexity index is 572. The quantitative estimate of drug-likeness (QED) is 0.726. The lowest BCUT2D eigenvalue weighted by atomic mass is 10.0. The van der Waals surface area contributed by atoms with Gasteiger partial charge >= 0.3 is 0 Å². The Morgan fingerprint density at radius 3 is 2.74 bits per heavy atom. The second kappa shape index (κ2) is 8.62. The number of rotatable bonds is 6. The molecule has 1 aliphatic rings. The Labute approximate surface area is 148 Å². The summed E-state index contributed by atoms with van der Waals surface area (Å²) >= 11 is 6.95. The maximum atomic E-state index is 12.7. The minimum atomic E-state index is -0.246. The number of carbonyl (C=O) groups is 1. The summed E-state index contributed by atoms with van der Waals surface area (Å²) in [4.78, 5) is 14.4. The van der Waals surface area contributed by atoms with Crippen molar-refractivity contribution >= 4 is 40.3 Å². The van der Waals surface area contributed by atoms with Crippen LogP contribution in [-0.4, -0.2) is 40.1 Å². The molecule has 1 aromatic carbocycles. The Kier molecular flexibility index (Phi) is 6.81. The molecular weight excluding hydrogens is 326 g/mol. The Balaban J connectivity index is 2.02. The molecular formula is C18H23NO2S2. The first-order valence-electron chi connectivity index (χ1n) is 7.77. The maximum Gasteiger partial charge on any atom is 0.231 e. The van der Waals surface area contributed by atoms with E-state index in [0.717, 1.165) is 11.3 Å². The van der Waals surface area contributed by atoms with Gasteiger partial charge in [-0.15, -0.1) is 0 Å². The lowest BCUT2D eigenvalue weighted by Crippen LogP contribution is -2.42. The van der Waals surface area contributed by atoms with E-state index in [9.17, 15) is 4.79 Å². The molecule has 3 nitrogen and oxygen atoms in total. The van der Waals surface area contributed by atoms with E-state index >= 15 is 0 Å². The van der Waals surface area contributed by atoms with Crippen LogP contribution in [0.4, 0.5) is 0 Å². The Hall–Kier alpha value is -1.17. The zero-order valence-electron chi connectivity index (χ0n) is 13.8. The monoisotopic (exact) mass is 349 g/mol. The fourth-order valence-electron chi connectivity index (χ4n) is 2.50. The number of thioether (sulfide) groups is 1. The molecule has 0 N–H and O–H groups in total. The highest BCUT2D eigenvalue weighted by Gasteiger charge is 2.36. The second-order valence-corrected chi connectivity index (χ2v) is 7.55. The zero-order valence-corrected chi connectivity index (χ0v) is 15.4. The third kappa shape index (κ3) is 4.90. The second-order valence-electron chi connectivity index (χ2n) is 5.90. The highest BCUT2D eigenvalue weighted by molar-refractivity contribution is 8.23. The number of benzene rings is 1. The molecule has 124 valence electrons. The van der Waals surface area contributed by atoms with Crippen LogP contribution in [0.3, 0.4) is 0 Å². The van der Waals surface area contributed by atoms with Crippen molar-refractivity contribution in [3.63, 3.8) is 0 Å². The molecule has 0 bridgehead atoms. The lowest BCUT2D eigenvalue weighted by molar-refractivity contribution is -0.130. The summed E-state index contributed by atoms with van der Waals surface area (Å²) in [5, 5.41) is 0. The van der Waals surface area contributed by atoms with Crippen LogP contribution in [0.15, 0.2) is 36.4 Å². The van der Waals surface area contributed by atoms with Gasteiger partial charge in [-0.05, 0) is 11.5 Å². The summed E-state index contributed by atoms with van der Waals surface area (Å²) in [6, 6.07) is 10.2. The number of carbonyl (C=O) groups excluding carboxylic acids is 1. The average molecular weight is 350 g/mol. The molecule has 0 aromatic heterocycles. The predicted molar refractivity (Wildman–Crippen MR) is 101 cm³/mol. The first-order chi connectivity index (χ1) is 11.0. The molecule has 1 aliphatic heterocycles. The molecule has 1 saturated heterocycles. The van der Waals surface area contributed by atoms with Crippen molar-refractivity contribution < 1.29 is 9.53 Å². The third-order valence-electron chi connectivity index (χ3n) is 3.93. The molecule has 1 aromatic rings. The summed E-state index contributed by atoms with van der Waals surface area (Å²) < 4.78 is 6.14. The molecule has 0 aliphatic carbocycles. The van der Waals surface area contributed by atoms with E-state index in [2.05, 4.69) is 13.8 Å². The van der Waals surface area contributed by atoms with Gasteiger partial charge in [0.1, 0.15) is 4.32 Å². The van der Waals surface area contributed by atoms with Crippen LogP contribution < -0.4 is 0 Å². The number of nitrogens with zero attached hydrogens (tertiary/aromatic N) is 1. The van der Waals surface area contributed by atoms with Gasteiger partial charge < -0.3 is 4.74 Å². The molecule has 2 rings (SSSR count). The molecule has 0 saturated carbocycles. The van der Waals surface area contributed by atoms with Gasteiger partial charge in [0.05, 0.1) is 12.5 Å². The minimum Gasteiger partial charge on any atom is -0.377 e. The van der Waals surface area contributed by atoms with Crippen LogP contribution in [0.1, 0.15) is 25.8 Å². The number of methoxy groups -OCH3 is 1. The largest absolute Gasteiger partial charge is 0.377 e. The zero-order chi connectivity index (χ0) is 16.8. The van der Waals surface area contributed by atoms with E-state index < -0.39 is 0 Å². The van der Waals surface area contributed by atoms with Crippen LogP contribution >= 0.6 is 24.0 Å². The molecule has 2 atom stereocenters. The number of hydrogen-bond donors (Lipinski definition) is 0. The molecule has 1 amide bonds. The lowest BCUT2D eigenvalue weighted by Gasteiger charge is -2.27. The highest BCUT2D eigenvalue weighted by Crippen LogP contribution is 2.29. The van der Waals surface area contributed by atoms with E-state index in [0.29, 0.717) is 16.7 Å². The molecule has 23 heavy (non-hydrogen) atoms. The van der Waals surface area contributed by atoms with E-state index in [-0.39, 0.29) is 18.1 Å². The maximum absolute atomic E-state index is 12.7. The highest BCUT2D eigenvalue weighted by atomic mass is 32.2. The van der Waals surface area contributed by atoms with Crippen molar-refractivity contribution in [3.8, 4) is 0 Å². The minimum absolute atomic E-state index is 0.0447. The number of thiocarbonyl (C=S) groups is 1. The van der Waals surface area contributed by atoms with Gasteiger partial charge in [-0.1, -0.05) is 80.3 Å². The normalized spacial score (nSPS) is 19.7. The summed E-state index contributed by atoms with van der Waals surface area (Å²) in [6.45, 7) is 4.26. The molecule has 0 radical (unpaired) electrons. The summed E-state index contributed by atoms with van der Waals surface area (Å²) in [6.07, 6.45) is 3.98. The standard InChI is InChI=1S/C18H23NO2S2/c1-13(2)16-12-23-18(22)19(16)17(20)11-15(21-3)10-9-14-7-5-4-6-8-14/h4-10,13,15-16H,11-12H2,1-3H3/b10-9+/t15-,16-/m0/s1. The van der Waals surface area contributed by atoms with Crippen molar-refractivity contribution in [1.29, 1.82) is 0 Å². The van der Waals surface area contributed by atoms with Crippen LogP contribution in [0.25, 0.3) is 6.08 Å². The average Bonchev–Trinajstić information content (AvgIpc) is 2.94. The smallest absolute Gasteiger partial charge is 0.231 e. The van der Waals surface area contributed by atoms with Gasteiger partial charge in [0, 0.05) is 18.9 Å². The number of ether oxygens (including phenoxy) is 1. The van der Waals surface area contributed by atoms with Crippen molar-refractivity contribution in [1.82, 2.24) is 4.90 Å². The van der Waals surface area contributed by atoms with Gasteiger partial charge in [0.2, 0.25) is 5.91 Å². The van der Waals surface area contributed by atoms with Crippen molar-refractivity contribution in [2.24, 2.45) is 5.92 Å². The first-order valence-corrected chi connectivity index (χ1v) is 9.17. The van der Waals surface area contributed by atoms with E-state index in [1.165, 1.54) is 0 Å². The van der Waals surface area contributed by atoms with Crippen LogP contribution in [0.5, 0.6) is 0 Å². The third-order valence-corrected chi connectivity index (χ3v) is 5.43. The van der Waals surface area contributed by atoms with Gasteiger partial charge in [-0.3, -0.25) is 9.69 Å². The van der Waals surface area contributed by atoms with E-state index in [1.54, 1.807) is 23.8 Å². The van der Waals surface area contributed by atoms with Gasteiger partial charge in [-0.2, -0.15) is 0 Å². The van der Waals surface area contributed by atoms with Crippen molar-refractivity contribution in [2.45, 2.75) is 32.4 Å². The number of hydrogen-bond acceptors (Lipinski definition) is 4. The predicted octanol–water partition coefficient (Wildman–Crippen LogP) is 3.99. The Morgan fingerprint density at radius 2 is 2.13 bits per heavy atom. The fourth-order valence-corrected chi connectivity index (χ4v) is 4.16. The van der Waals surface area contributed by atoms with Crippen LogP contribution in [-0.2, 0) is 9.53 Å². The van der Waals surface area contributed by atoms with Gasteiger partial charge in [0.15, 0.2) is 0 Å². The van der Waals surface area contributed by atoms with E-state index in [1.807, 2.05) is 42.5 Å². The summed E-state index contributed by atoms with van der Waals surface area (Å²) in [5.41, 5.74) is 1.09. The molecule has 0 spiro atoms. The van der Waals surface area contributed by atoms with Gasteiger partial charge in [-0.25, -0.2) is 0 Å². The van der Waals surface area contributed by atoms with Gasteiger partial charge in [0.25, 0.3) is 0 Å². The van der Waals surface area contributed by atoms with Crippen LogP contribution in [0, 0.1) is 5.92 Å². The topological polar surface area (TPSA) is 29.5 Å². The fraction of sp³-hybridized carbons (Fsp3) is 0.444. The summed E-state index contributed by atoms with van der Waals surface area (Å²) in [7, 11) is 1.63. The Morgan fingerprint density at radius 1 is 1.43 bits per heavy atom. The SMILES string of the molecule is CO[C@@H](/C=C/c1ccccc1)CC(=O)N1C(=S)SC[C@H]1C(C)C.